The maximum Gasteiger partial charge on any atom is 0.253 e. The molecule has 0 heterocycles. The molecular formula is C16H26N2OS. The molecule has 0 bridgehead atoms. The van der Waals surface area contributed by atoms with Crippen molar-refractivity contribution in [2.75, 3.05) is 23.4 Å². The molecule has 0 spiro atoms. The second-order valence-corrected chi connectivity index (χ2v) is 6.33. The molecule has 0 aliphatic rings. The molecule has 0 saturated carbocycles. The summed E-state index contributed by atoms with van der Waals surface area (Å²) in [7, 11) is 0. The van der Waals surface area contributed by atoms with Crippen LogP contribution in [0.15, 0.2) is 18.2 Å². The van der Waals surface area contributed by atoms with Gasteiger partial charge in [-0.3, -0.25) is 4.79 Å². The maximum absolute atomic E-state index is 12.4. The first-order chi connectivity index (χ1) is 9.58. The van der Waals surface area contributed by atoms with Gasteiger partial charge in [0, 0.05) is 18.3 Å². The summed E-state index contributed by atoms with van der Waals surface area (Å²) in [5, 5.41) is 6.33. The van der Waals surface area contributed by atoms with E-state index in [4.69, 9.17) is 0 Å². The van der Waals surface area contributed by atoms with E-state index in [1.165, 1.54) is 0 Å². The molecule has 4 heteroatoms. The summed E-state index contributed by atoms with van der Waals surface area (Å²) in [6.07, 6.45) is 1.01. The third-order valence-electron chi connectivity index (χ3n) is 3.06. The minimum absolute atomic E-state index is 0.0126. The predicted molar refractivity (Wildman–Crippen MR) is 89.9 cm³/mol. The van der Waals surface area contributed by atoms with Crippen molar-refractivity contribution in [3.8, 4) is 0 Å². The molecule has 0 aromatic heterocycles. The highest BCUT2D eigenvalue weighted by molar-refractivity contribution is 7.99. The molecule has 1 amide bonds. The average Bonchev–Trinajstić information content (AvgIpc) is 2.41. The fraction of sp³-hybridized carbons (Fsp3) is 0.562. The number of nitrogens with one attached hydrogen (secondary N) is 2. The zero-order chi connectivity index (χ0) is 15.0. The first-order valence-electron chi connectivity index (χ1n) is 7.31. The Kier molecular flexibility index (Phi) is 7.52. The van der Waals surface area contributed by atoms with Gasteiger partial charge in [-0.25, -0.2) is 0 Å². The van der Waals surface area contributed by atoms with Crippen LogP contribution < -0.4 is 10.6 Å². The Morgan fingerprint density at radius 3 is 2.75 bits per heavy atom. The third-order valence-corrected chi connectivity index (χ3v) is 4.00. The maximum atomic E-state index is 12.4. The van der Waals surface area contributed by atoms with Gasteiger partial charge in [-0.05, 0) is 50.8 Å². The number of hydrogen-bond donors (Lipinski definition) is 2. The number of aryl methyl sites for hydroxylation is 1. The lowest BCUT2D eigenvalue weighted by molar-refractivity contribution is 0.0940. The Balaban J connectivity index is 2.68. The number of rotatable bonds is 8. The molecule has 1 aromatic rings. The third kappa shape index (κ3) is 5.45. The summed E-state index contributed by atoms with van der Waals surface area (Å²) in [4.78, 5) is 12.4. The lowest BCUT2D eigenvalue weighted by Crippen LogP contribution is -2.33. The number of carbonyl (C=O) groups is 1. The van der Waals surface area contributed by atoms with Crippen LogP contribution in [0.3, 0.4) is 0 Å². The van der Waals surface area contributed by atoms with Crippen molar-refractivity contribution in [1.29, 1.82) is 0 Å². The molecule has 1 rings (SSSR count). The Morgan fingerprint density at radius 1 is 1.35 bits per heavy atom. The van der Waals surface area contributed by atoms with Crippen LogP contribution in [0, 0.1) is 6.92 Å². The second-order valence-electron chi connectivity index (χ2n) is 4.94. The van der Waals surface area contributed by atoms with Crippen LogP contribution in [0.5, 0.6) is 0 Å². The summed E-state index contributed by atoms with van der Waals surface area (Å²) >= 11 is 1.91. The van der Waals surface area contributed by atoms with Crippen molar-refractivity contribution in [2.24, 2.45) is 0 Å². The number of carbonyl (C=O) groups excluding carboxylic acids is 1. The lowest BCUT2D eigenvalue weighted by atomic mass is 10.1. The Morgan fingerprint density at radius 2 is 2.10 bits per heavy atom. The fourth-order valence-corrected chi connectivity index (χ4v) is 2.78. The molecule has 0 fully saturated rings. The van der Waals surface area contributed by atoms with Gasteiger partial charge in [-0.2, -0.15) is 11.8 Å². The van der Waals surface area contributed by atoms with Crippen molar-refractivity contribution in [3.63, 3.8) is 0 Å². The van der Waals surface area contributed by atoms with Crippen LogP contribution in [-0.2, 0) is 0 Å². The number of anilines is 1. The SMILES string of the molecule is CCNc1ccc(C)cc1C(=O)NC(C)CCSCC. The van der Waals surface area contributed by atoms with Crippen LogP contribution >= 0.6 is 11.8 Å². The van der Waals surface area contributed by atoms with Crippen LogP contribution in [0.25, 0.3) is 0 Å². The molecule has 20 heavy (non-hydrogen) atoms. The van der Waals surface area contributed by atoms with Crippen molar-refractivity contribution in [3.05, 3.63) is 29.3 Å². The first kappa shape index (κ1) is 16.9. The number of hydrogen-bond acceptors (Lipinski definition) is 3. The van der Waals surface area contributed by atoms with Gasteiger partial charge < -0.3 is 10.6 Å². The van der Waals surface area contributed by atoms with Crippen LogP contribution in [-0.4, -0.2) is 30.0 Å². The summed E-state index contributed by atoms with van der Waals surface area (Å²) in [5.41, 5.74) is 2.75. The highest BCUT2D eigenvalue weighted by Crippen LogP contribution is 2.17. The summed E-state index contributed by atoms with van der Waals surface area (Å²) in [6, 6.07) is 6.15. The van der Waals surface area contributed by atoms with E-state index in [1.807, 2.05) is 43.8 Å². The zero-order valence-electron chi connectivity index (χ0n) is 13.0. The monoisotopic (exact) mass is 294 g/mol. The van der Waals surface area contributed by atoms with Gasteiger partial charge >= 0.3 is 0 Å². The van der Waals surface area contributed by atoms with E-state index in [-0.39, 0.29) is 11.9 Å². The smallest absolute Gasteiger partial charge is 0.253 e. The number of thioether (sulfide) groups is 1. The van der Waals surface area contributed by atoms with E-state index in [0.717, 1.165) is 41.3 Å². The molecule has 0 saturated heterocycles. The van der Waals surface area contributed by atoms with Gasteiger partial charge in [0.15, 0.2) is 0 Å². The molecule has 112 valence electrons. The predicted octanol–water partition coefficient (Wildman–Crippen LogP) is 3.69. The van der Waals surface area contributed by atoms with Crippen LogP contribution in [0.4, 0.5) is 5.69 Å². The van der Waals surface area contributed by atoms with E-state index < -0.39 is 0 Å². The molecule has 1 atom stereocenters. The highest BCUT2D eigenvalue weighted by Gasteiger charge is 2.13. The Hall–Kier alpha value is -1.16. The molecule has 0 aliphatic heterocycles. The van der Waals surface area contributed by atoms with Crippen LogP contribution in [0.1, 0.15) is 43.1 Å². The summed E-state index contributed by atoms with van der Waals surface area (Å²) < 4.78 is 0. The molecule has 0 aliphatic carbocycles. The molecule has 1 unspecified atom stereocenters. The Bertz CT molecular complexity index is 434. The second kappa shape index (κ2) is 8.90. The number of amides is 1. The molecule has 1 aromatic carbocycles. The quantitative estimate of drug-likeness (QED) is 0.719. The molecule has 3 nitrogen and oxygen atoms in total. The molecule has 2 N–H and O–H groups in total. The molecular weight excluding hydrogens is 268 g/mol. The van der Waals surface area contributed by atoms with E-state index in [0.29, 0.717) is 0 Å². The summed E-state index contributed by atoms with van der Waals surface area (Å²) in [5.74, 6) is 2.23. The lowest BCUT2D eigenvalue weighted by Gasteiger charge is -2.16. The minimum atomic E-state index is 0.0126. The topological polar surface area (TPSA) is 41.1 Å². The van der Waals surface area contributed by atoms with Gasteiger partial charge in [-0.15, -0.1) is 0 Å². The Labute approximate surface area is 126 Å². The van der Waals surface area contributed by atoms with Gasteiger partial charge in [-0.1, -0.05) is 18.6 Å². The number of benzene rings is 1. The van der Waals surface area contributed by atoms with E-state index in [1.54, 1.807) is 0 Å². The van der Waals surface area contributed by atoms with Gasteiger partial charge in [0.05, 0.1) is 5.56 Å². The largest absolute Gasteiger partial charge is 0.385 e. The molecule has 0 radical (unpaired) electrons. The van der Waals surface area contributed by atoms with Gasteiger partial charge in [0.2, 0.25) is 0 Å². The fourth-order valence-electron chi connectivity index (χ4n) is 1.97. The van der Waals surface area contributed by atoms with E-state index >= 15 is 0 Å². The standard InChI is InChI=1S/C16H26N2OS/c1-5-17-15-8-7-12(3)11-14(15)16(19)18-13(4)9-10-20-6-2/h7-8,11,13,17H,5-6,9-10H2,1-4H3,(H,18,19). The van der Waals surface area contributed by atoms with Crippen molar-refractivity contribution >= 4 is 23.4 Å². The highest BCUT2D eigenvalue weighted by atomic mass is 32.2. The summed E-state index contributed by atoms with van der Waals surface area (Å²) in [6.45, 7) is 9.08. The van der Waals surface area contributed by atoms with Crippen LogP contribution in [0.2, 0.25) is 0 Å². The van der Waals surface area contributed by atoms with Gasteiger partial charge in [0.1, 0.15) is 0 Å². The average molecular weight is 294 g/mol. The zero-order valence-corrected chi connectivity index (χ0v) is 13.8. The normalized spacial score (nSPS) is 12.0. The van der Waals surface area contributed by atoms with E-state index in [2.05, 4.69) is 24.5 Å². The first-order valence-corrected chi connectivity index (χ1v) is 8.47. The van der Waals surface area contributed by atoms with E-state index in [9.17, 15) is 4.79 Å². The van der Waals surface area contributed by atoms with Gasteiger partial charge in [0.25, 0.3) is 5.91 Å². The van der Waals surface area contributed by atoms with Crippen molar-refractivity contribution < 1.29 is 4.79 Å². The van der Waals surface area contributed by atoms with Crippen molar-refractivity contribution in [2.45, 2.75) is 40.2 Å². The minimum Gasteiger partial charge on any atom is -0.385 e. The van der Waals surface area contributed by atoms with Crippen molar-refractivity contribution in [1.82, 2.24) is 5.32 Å².